The predicted octanol–water partition coefficient (Wildman–Crippen LogP) is 5.37. The summed E-state index contributed by atoms with van der Waals surface area (Å²) in [5, 5.41) is 6.30. The smallest absolute Gasteiger partial charge is 0.261 e. The van der Waals surface area contributed by atoms with Crippen molar-refractivity contribution in [2.45, 2.75) is 12.8 Å². The average molecular weight is 499 g/mol. The molecule has 0 saturated heterocycles. The first-order valence-electron chi connectivity index (χ1n) is 11.4. The number of benzene rings is 3. The van der Waals surface area contributed by atoms with E-state index in [1.807, 2.05) is 17.5 Å². The molecule has 3 amide bonds. The van der Waals surface area contributed by atoms with Crippen LogP contribution in [0.5, 0.6) is 0 Å². The van der Waals surface area contributed by atoms with Gasteiger partial charge in [0, 0.05) is 46.6 Å². The number of imidazole rings is 1. The van der Waals surface area contributed by atoms with Gasteiger partial charge in [-0.2, -0.15) is 0 Å². The third-order valence-corrected chi connectivity index (χ3v) is 7.04. The fourth-order valence-corrected chi connectivity index (χ4v) is 5.30. The van der Waals surface area contributed by atoms with E-state index in [-0.39, 0.29) is 36.5 Å². The number of nitrogens with zero attached hydrogens (tertiary/aromatic N) is 3. The third-order valence-electron chi connectivity index (χ3n) is 6.28. The van der Waals surface area contributed by atoms with Crippen LogP contribution >= 0.6 is 11.3 Å². The Hall–Kier alpha value is -4.37. The Morgan fingerprint density at radius 3 is 2.36 bits per heavy atom. The second-order valence-electron chi connectivity index (χ2n) is 8.49. The molecule has 1 aliphatic heterocycles. The van der Waals surface area contributed by atoms with Gasteiger partial charge in [-0.05, 0) is 48.2 Å². The van der Waals surface area contributed by atoms with Crippen LogP contribution in [0.15, 0.2) is 72.2 Å². The highest BCUT2D eigenvalue weighted by molar-refractivity contribution is 7.15. The lowest BCUT2D eigenvalue weighted by Gasteiger charge is -2.27. The molecular weight excluding hydrogens is 479 g/mol. The second kappa shape index (κ2) is 8.69. The molecular formula is C27H19FN4O3S. The Balaban J connectivity index is 1.18. The van der Waals surface area contributed by atoms with E-state index in [1.165, 1.54) is 28.4 Å². The van der Waals surface area contributed by atoms with E-state index >= 15 is 0 Å². The topological polar surface area (TPSA) is 83.8 Å². The van der Waals surface area contributed by atoms with E-state index in [0.717, 1.165) is 5.39 Å². The molecule has 3 aromatic carbocycles. The van der Waals surface area contributed by atoms with Crippen molar-refractivity contribution in [2.24, 2.45) is 0 Å². The lowest BCUT2D eigenvalue weighted by molar-refractivity contribution is -0.116. The number of aromatic nitrogens is 2. The summed E-state index contributed by atoms with van der Waals surface area (Å²) in [5.41, 5.74) is 2.21. The number of anilines is 1. The molecule has 0 aliphatic carbocycles. The van der Waals surface area contributed by atoms with E-state index in [9.17, 15) is 18.8 Å². The zero-order chi connectivity index (χ0) is 24.8. The van der Waals surface area contributed by atoms with Crippen molar-refractivity contribution < 1.29 is 18.8 Å². The summed E-state index contributed by atoms with van der Waals surface area (Å²) < 4.78 is 15.2. The Morgan fingerprint density at radius 1 is 0.972 bits per heavy atom. The Morgan fingerprint density at radius 2 is 1.67 bits per heavy atom. The Kier molecular flexibility index (Phi) is 5.34. The summed E-state index contributed by atoms with van der Waals surface area (Å²) in [4.78, 5) is 45.5. The predicted molar refractivity (Wildman–Crippen MR) is 136 cm³/mol. The molecule has 5 aromatic rings. The van der Waals surface area contributed by atoms with Crippen LogP contribution in [0.4, 0.5) is 10.2 Å². The molecule has 0 spiro atoms. The number of carbonyl (C=O) groups excluding carboxylic acids is 3. The SMILES string of the molecule is O=C(CCCN1C(=O)c2cccc3cccc(c23)C1=O)Nc1c(-c2ccc(F)cc2)nc2sccn12. The summed E-state index contributed by atoms with van der Waals surface area (Å²) in [7, 11) is 0. The van der Waals surface area contributed by atoms with Crippen LogP contribution in [0.2, 0.25) is 0 Å². The molecule has 0 atom stereocenters. The quantitative estimate of drug-likeness (QED) is 0.319. The summed E-state index contributed by atoms with van der Waals surface area (Å²) in [5.74, 6) is -0.830. The maximum atomic E-state index is 13.4. The molecule has 0 radical (unpaired) electrons. The van der Waals surface area contributed by atoms with E-state index in [2.05, 4.69) is 10.3 Å². The number of rotatable bonds is 6. The molecule has 2 aromatic heterocycles. The third kappa shape index (κ3) is 3.64. The number of imide groups is 1. The zero-order valence-corrected chi connectivity index (χ0v) is 19.7. The van der Waals surface area contributed by atoms with Gasteiger partial charge in [-0.1, -0.05) is 24.3 Å². The van der Waals surface area contributed by atoms with E-state index in [1.54, 1.807) is 47.0 Å². The number of fused-ring (bicyclic) bond motifs is 1. The highest BCUT2D eigenvalue weighted by Gasteiger charge is 2.32. The summed E-state index contributed by atoms with van der Waals surface area (Å²) in [6, 6.07) is 16.7. The largest absolute Gasteiger partial charge is 0.310 e. The molecule has 0 fully saturated rings. The Bertz CT molecular complexity index is 1620. The van der Waals surface area contributed by atoms with Crippen molar-refractivity contribution in [1.82, 2.24) is 14.3 Å². The van der Waals surface area contributed by atoms with Gasteiger partial charge in [-0.25, -0.2) is 9.37 Å². The molecule has 1 N–H and O–H groups in total. The lowest BCUT2D eigenvalue weighted by Crippen LogP contribution is -2.41. The van der Waals surface area contributed by atoms with E-state index in [4.69, 9.17) is 0 Å². The molecule has 7 nitrogen and oxygen atoms in total. The van der Waals surface area contributed by atoms with Crippen LogP contribution < -0.4 is 5.32 Å². The average Bonchev–Trinajstić information content (AvgIpc) is 3.48. The highest BCUT2D eigenvalue weighted by Crippen LogP contribution is 2.32. The molecule has 0 bridgehead atoms. The number of hydrogen-bond donors (Lipinski definition) is 1. The van der Waals surface area contributed by atoms with Crippen LogP contribution in [0, 0.1) is 5.82 Å². The fraction of sp³-hybridized carbons (Fsp3) is 0.111. The van der Waals surface area contributed by atoms with E-state index in [0.29, 0.717) is 45.0 Å². The van der Waals surface area contributed by atoms with E-state index < -0.39 is 0 Å². The van der Waals surface area contributed by atoms with Crippen LogP contribution in [-0.4, -0.2) is 38.6 Å². The minimum atomic E-state index is -0.356. The van der Waals surface area contributed by atoms with Crippen molar-refractivity contribution in [1.29, 1.82) is 0 Å². The van der Waals surface area contributed by atoms with Crippen LogP contribution in [0.1, 0.15) is 33.6 Å². The van der Waals surface area contributed by atoms with Crippen LogP contribution in [-0.2, 0) is 4.79 Å². The molecule has 0 saturated carbocycles. The van der Waals surface area contributed by atoms with Gasteiger partial charge in [0.15, 0.2) is 4.96 Å². The van der Waals surface area contributed by atoms with Gasteiger partial charge >= 0.3 is 0 Å². The van der Waals surface area contributed by atoms with Crippen molar-refractivity contribution >= 4 is 50.6 Å². The van der Waals surface area contributed by atoms with Gasteiger partial charge in [0.2, 0.25) is 5.91 Å². The Labute approximate surface area is 208 Å². The van der Waals surface area contributed by atoms with Gasteiger partial charge in [0.25, 0.3) is 11.8 Å². The van der Waals surface area contributed by atoms with Crippen molar-refractivity contribution in [2.75, 3.05) is 11.9 Å². The van der Waals surface area contributed by atoms with Crippen molar-refractivity contribution in [3.8, 4) is 11.3 Å². The highest BCUT2D eigenvalue weighted by atomic mass is 32.1. The zero-order valence-electron chi connectivity index (χ0n) is 18.9. The molecule has 3 heterocycles. The summed E-state index contributed by atoms with van der Waals surface area (Å²) in [6.07, 6.45) is 2.21. The van der Waals surface area contributed by atoms with Crippen molar-refractivity contribution in [3.63, 3.8) is 0 Å². The fourth-order valence-electron chi connectivity index (χ4n) is 4.59. The number of carbonyl (C=O) groups is 3. The molecule has 178 valence electrons. The van der Waals surface area contributed by atoms with Crippen molar-refractivity contribution in [3.05, 3.63) is 89.2 Å². The first-order chi connectivity index (χ1) is 17.5. The number of halogens is 1. The van der Waals surface area contributed by atoms with Gasteiger partial charge in [-0.3, -0.25) is 23.7 Å². The monoisotopic (exact) mass is 498 g/mol. The lowest BCUT2D eigenvalue weighted by atomic mass is 9.94. The van der Waals surface area contributed by atoms with Gasteiger partial charge < -0.3 is 5.32 Å². The van der Waals surface area contributed by atoms with Gasteiger partial charge in [0.1, 0.15) is 17.3 Å². The second-order valence-corrected chi connectivity index (χ2v) is 9.37. The first-order valence-corrected chi connectivity index (χ1v) is 12.3. The molecule has 1 aliphatic rings. The minimum absolute atomic E-state index is 0.100. The first kappa shape index (κ1) is 22.1. The molecule has 36 heavy (non-hydrogen) atoms. The maximum Gasteiger partial charge on any atom is 0.261 e. The maximum absolute atomic E-state index is 13.4. The van der Waals surface area contributed by atoms with Gasteiger partial charge in [0.05, 0.1) is 0 Å². The van der Waals surface area contributed by atoms with Crippen LogP contribution in [0.3, 0.4) is 0 Å². The normalized spacial score (nSPS) is 13.1. The van der Waals surface area contributed by atoms with Crippen LogP contribution in [0.25, 0.3) is 27.0 Å². The standard InChI is InChI=1S/C27H19FN4O3S/c28-18-11-9-17(10-12-18)23-24(31-14-15-36-27(31)30-23)29-21(33)8-3-13-32-25(34)19-6-1-4-16-5-2-7-20(22(16)19)26(32)35/h1-2,4-7,9-12,14-15H,3,8,13H2,(H,29,33). The molecule has 0 unspecified atom stereocenters. The molecule has 9 heteroatoms. The summed E-state index contributed by atoms with van der Waals surface area (Å²) in [6.45, 7) is 0.126. The van der Waals surface area contributed by atoms with Gasteiger partial charge in [-0.15, -0.1) is 11.3 Å². The summed E-state index contributed by atoms with van der Waals surface area (Å²) >= 11 is 1.42. The molecule has 6 rings (SSSR count). The number of thiazole rings is 1. The number of nitrogens with one attached hydrogen (secondary N) is 1. The minimum Gasteiger partial charge on any atom is -0.310 e. The number of hydrogen-bond acceptors (Lipinski definition) is 5. The number of amides is 3.